The van der Waals surface area contributed by atoms with Gasteiger partial charge in [-0.25, -0.2) is 18.1 Å². The van der Waals surface area contributed by atoms with E-state index in [1.54, 1.807) is 0 Å². The molecule has 0 unspecified atom stereocenters. The molecule has 198 valence electrons. The van der Waals surface area contributed by atoms with E-state index in [0.29, 0.717) is 17.7 Å². The van der Waals surface area contributed by atoms with E-state index < -0.39 is 50.8 Å². The maximum atomic E-state index is 13.2. The number of rotatable bonds is 6. The summed E-state index contributed by atoms with van der Waals surface area (Å²) >= 11 is 0. The second-order valence-electron chi connectivity index (χ2n) is 8.04. The van der Waals surface area contributed by atoms with Crippen LogP contribution < -0.4 is 4.72 Å². The summed E-state index contributed by atoms with van der Waals surface area (Å²) in [6.07, 6.45) is -6.91. The summed E-state index contributed by atoms with van der Waals surface area (Å²) < 4.78 is 105. The van der Waals surface area contributed by atoms with E-state index in [0.717, 1.165) is 17.3 Å². The number of nitrogens with one attached hydrogen (secondary N) is 1. The van der Waals surface area contributed by atoms with Crippen LogP contribution in [0, 0.1) is 0 Å². The highest BCUT2D eigenvalue weighted by atomic mass is 32.2. The van der Waals surface area contributed by atoms with Crippen LogP contribution in [-0.2, 0) is 27.2 Å². The smallest absolute Gasteiger partial charge is 0.345 e. The number of amides is 1. The summed E-state index contributed by atoms with van der Waals surface area (Å²) in [6, 6.07) is 6.69. The number of alkyl halides is 6. The van der Waals surface area contributed by atoms with E-state index >= 15 is 0 Å². The van der Waals surface area contributed by atoms with Crippen molar-refractivity contribution in [2.24, 2.45) is 0 Å². The van der Waals surface area contributed by atoms with Gasteiger partial charge in [-0.2, -0.15) is 26.3 Å². The molecule has 0 aliphatic carbocycles. The highest BCUT2D eigenvalue weighted by Crippen LogP contribution is 2.38. The van der Waals surface area contributed by atoms with Crippen molar-refractivity contribution in [3.63, 3.8) is 0 Å². The lowest BCUT2D eigenvalue weighted by atomic mass is 10.0. The Balaban J connectivity index is 2.06. The second-order valence-corrected chi connectivity index (χ2v) is 9.79. The number of likely N-dealkylation sites (N-methyl/N-ethyl adjacent to an activating group) is 1. The van der Waals surface area contributed by atoms with Crippen LogP contribution in [0.15, 0.2) is 48.8 Å². The third-order valence-corrected chi connectivity index (χ3v) is 5.36. The highest BCUT2D eigenvalue weighted by Gasteiger charge is 2.37. The van der Waals surface area contributed by atoms with E-state index in [4.69, 9.17) is 0 Å². The van der Waals surface area contributed by atoms with E-state index in [1.165, 1.54) is 49.5 Å². The molecule has 1 aromatic heterocycles. The topological polar surface area (TPSA) is 97.2 Å². The van der Waals surface area contributed by atoms with Gasteiger partial charge in [0, 0.05) is 31.5 Å². The van der Waals surface area contributed by atoms with Crippen molar-refractivity contribution in [2.45, 2.75) is 12.4 Å². The normalized spacial score (nSPS) is 12.9. The van der Waals surface area contributed by atoms with Gasteiger partial charge in [0.15, 0.2) is 5.82 Å². The molecule has 1 amide bonds. The monoisotopic (exact) mass is 547 g/mol. The van der Waals surface area contributed by atoms with Crippen LogP contribution in [0.1, 0.15) is 16.7 Å². The summed E-state index contributed by atoms with van der Waals surface area (Å²) in [4.78, 5) is 17.8. The Morgan fingerprint density at radius 2 is 1.51 bits per heavy atom. The Kier molecular flexibility index (Phi) is 7.40. The predicted molar refractivity (Wildman–Crippen MR) is 123 cm³/mol. The first kappa shape index (κ1) is 27.7. The Morgan fingerprint density at radius 1 is 0.973 bits per heavy atom. The van der Waals surface area contributed by atoms with Gasteiger partial charge in [0.1, 0.15) is 6.33 Å². The first-order valence-corrected chi connectivity index (χ1v) is 12.1. The highest BCUT2D eigenvalue weighted by molar-refractivity contribution is 7.92. The minimum Gasteiger partial charge on any atom is -0.345 e. The van der Waals surface area contributed by atoms with Crippen LogP contribution in [0.25, 0.3) is 23.2 Å². The van der Waals surface area contributed by atoms with E-state index in [1.807, 2.05) is 0 Å². The molecule has 0 saturated heterocycles. The lowest BCUT2D eigenvalue weighted by Crippen LogP contribution is -2.23. The maximum absolute atomic E-state index is 13.2. The summed E-state index contributed by atoms with van der Waals surface area (Å²) in [5.74, 6) is -0.948. The standard InChI is InChI=1S/C22H19F6N5O3S/c1-32(2)20(34)18(13-4-6-17(7-5-13)31-37(3,35)36)11-33-12-29-19(30-33)14-8-15(21(23,24)25)10-16(9-14)22(26,27)28/h4-12,31H,1-3H3/b18-11+. The number of carbonyl (C=O) groups is 1. The van der Waals surface area contributed by atoms with Crippen LogP contribution in [0.3, 0.4) is 0 Å². The first-order chi connectivity index (χ1) is 16.9. The third-order valence-electron chi connectivity index (χ3n) is 4.75. The van der Waals surface area contributed by atoms with Crippen molar-refractivity contribution >= 4 is 33.4 Å². The maximum Gasteiger partial charge on any atom is 0.416 e. The zero-order valence-corrected chi connectivity index (χ0v) is 20.2. The van der Waals surface area contributed by atoms with Gasteiger partial charge in [-0.1, -0.05) is 12.1 Å². The number of aromatic nitrogens is 3. The molecule has 1 heterocycles. The Labute approximate surface area is 207 Å². The average Bonchev–Trinajstić information content (AvgIpc) is 3.24. The number of nitrogens with zero attached hydrogens (tertiary/aromatic N) is 4. The van der Waals surface area contributed by atoms with Crippen molar-refractivity contribution < 1.29 is 39.6 Å². The van der Waals surface area contributed by atoms with Crippen molar-refractivity contribution in [3.8, 4) is 11.4 Å². The van der Waals surface area contributed by atoms with Crippen molar-refractivity contribution in [2.75, 3.05) is 25.1 Å². The molecule has 0 atom stereocenters. The van der Waals surface area contributed by atoms with Crippen molar-refractivity contribution in [1.82, 2.24) is 19.7 Å². The summed E-state index contributed by atoms with van der Waals surface area (Å²) in [5.41, 5.74) is -2.96. The minimum absolute atomic E-state index is 0.00342. The molecule has 0 spiro atoms. The van der Waals surface area contributed by atoms with Gasteiger partial charge in [0.2, 0.25) is 10.0 Å². The summed E-state index contributed by atoms with van der Waals surface area (Å²) in [6.45, 7) is 0. The Bertz CT molecular complexity index is 1410. The zero-order valence-electron chi connectivity index (χ0n) is 19.4. The van der Waals surface area contributed by atoms with Crippen LogP contribution in [-0.4, -0.2) is 54.3 Å². The van der Waals surface area contributed by atoms with Gasteiger partial charge < -0.3 is 4.90 Å². The van der Waals surface area contributed by atoms with E-state index in [-0.39, 0.29) is 17.3 Å². The predicted octanol–water partition coefficient (Wildman–Crippen LogP) is 4.44. The van der Waals surface area contributed by atoms with Crippen LogP contribution in [0.5, 0.6) is 0 Å². The fourth-order valence-corrected chi connectivity index (χ4v) is 3.68. The SMILES string of the molecule is CN(C)C(=O)/C(=C/n1cnc(-c2cc(C(F)(F)F)cc(C(F)(F)F)c2)n1)c1ccc(NS(C)(=O)=O)cc1. The average molecular weight is 547 g/mol. The summed E-state index contributed by atoms with van der Waals surface area (Å²) in [5, 5.41) is 3.93. The van der Waals surface area contributed by atoms with Gasteiger partial charge in [-0.3, -0.25) is 9.52 Å². The molecular weight excluding hydrogens is 528 g/mol. The number of hydrogen-bond acceptors (Lipinski definition) is 5. The van der Waals surface area contributed by atoms with Gasteiger partial charge in [-0.15, -0.1) is 5.10 Å². The molecule has 0 aliphatic heterocycles. The number of carbonyl (C=O) groups excluding carboxylic acids is 1. The molecule has 15 heteroatoms. The van der Waals surface area contributed by atoms with Crippen molar-refractivity contribution in [3.05, 3.63) is 65.5 Å². The number of sulfonamides is 1. The minimum atomic E-state index is -5.04. The van der Waals surface area contributed by atoms with Gasteiger partial charge in [0.05, 0.1) is 23.0 Å². The van der Waals surface area contributed by atoms with Gasteiger partial charge >= 0.3 is 12.4 Å². The lowest BCUT2D eigenvalue weighted by molar-refractivity contribution is -0.143. The van der Waals surface area contributed by atoms with Crippen LogP contribution in [0.4, 0.5) is 32.0 Å². The Hall–Kier alpha value is -3.88. The first-order valence-electron chi connectivity index (χ1n) is 10.2. The molecule has 0 fully saturated rings. The number of anilines is 1. The fraction of sp³-hybridized carbons (Fsp3) is 0.227. The molecule has 3 rings (SSSR count). The molecule has 0 bridgehead atoms. The fourth-order valence-electron chi connectivity index (χ4n) is 3.11. The quantitative estimate of drug-likeness (QED) is 0.364. The Morgan fingerprint density at radius 3 is 1.97 bits per heavy atom. The third kappa shape index (κ3) is 7.09. The molecular formula is C22H19F6N5O3S. The van der Waals surface area contributed by atoms with E-state index in [9.17, 15) is 39.6 Å². The van der Waals surface area contributed by atoms with Crippen LogP contribution in [0.2, 0.25) is 0 Å². The van der Waals surface area contributed by atoms with Gasteiger partial charge in [-0.05, 0) is 35.9 Å². The molecule has 1 N–H and O–H groups in total. The van der Waals surface area contributed by atoms with Crippen molar-refractivity contribution in [1.29, 1.82) is 0 Å². The number of halogens is 6. The molecule has 37 heavy (non-hydrogen) atoms. The van der Waals surface area contributed by atoms with Crippen LogP contribution >= 0.6 is 0 Å². The molecule has 0 aliphatic rings. The molecule has 8 nitrogen and oxygen atoms in total. The lowest BCUT2D eigenvalue weighted by Gasteiger charge is -2.14. The molecule has 0 saturated carbocycles. The number of hydrogen-bond donors (Lipinski definition) is 1. The largest absolute Gasteiger partial charge is 0.416 e. The number of benzene rings is 2. The second kappa shape index (κ2) is 9.88. The van der Waals surface area contributed by atoms with Gasteiger partial charge in [0.25, 0.3) is 5.91 Å². The molecule has 3 aromatic rings. The summed E-state index contributed by atoms with van der Waals surface area (Å²) in [7, 11) is -0.616. The zero-order chi connectivity index (χ0) is 27.8. The molecule has 0 radical (unpaired) electrons. The van der Waals surface area contributed by atoms with E-state index in [2.05, 4.69) is 14.8 Å². The molecule has 2 aromatic carbocycles.